The second kappa shape index (κ2) is 13.7. The summed E-state index contributed by atoms with van der Waals surface area (Å²) in [7, 11) is 3.38. The van der Waals surface area contributed by atoms with Gasteiger partial charge in [-0.3, -0.25) is 14.5 Å². The van der Waals surface area contributed by atoms with Crippen LogP contribution >= 0.6 is 0 Å². The van der Waals surface area contributed by atoms with Gasteiger partial charge in [0.05, 0.1) is 19.1 Å². The molecule has 8 heteroatoms. The molecule has 8 nitrogen and oxygen atoms in total. The van der Waals surface area contributed by atoms with Gasteiger partial charge in [-0.25, -0.2) is 4.79 Å². The van der Waals surface area contributed by atoms with Gasteiger partial charge in [0.15, 0.2) is 0 Å². The number of likely N-dealkylation sites (tertiary alicyclic amines) is 1. The van der Waals surface area contributed by atoms with Gasteiger partial charge in [-0.1, -0.05) is 6.42 Å². The molecule has 2 unspecified atom stereocenters. The number of carbonyl (C=O) groups excluding carboxylic acids is 3. The number of ketones is 1. The van der Waals surface area contributed by atoms with Crippen LogP contribution in [-0.2, 0) is 14.3 Å². The molecule has 1 heterocycles. The van der Waals surface area contributed by atoms with Crippen molar-refractivity contribution in [3.63, 3.8) is 0 Å². The molecule has 2 fully saturated rings. The normalized spacial score (nSPS) is 21.3. The summed E-state index contributed by atoms with van der Waals surface area (Å²) in [4.78, 5) is 41.6. The first kappa shape index (κ1) is 24.8. The van der Waals surface area contributed by atoms with E-state index in [1.807, 2.05) is 7.05 Å². The summed E-state index contributed by atoms with van der Waals surface area (Å²) >= 11 is 0. The Morgan fingerprint density at radius 3 is 2.67 bits per heavy atom. The molecule has 0 aromatic carbocycles. The minimum atomic E-state index is -0.352. The van der Waals surface area contributed by atoms with E-state index in [0.717, 1.165) is 32.5 Å². The minimum absolute atomic E-state index is 0.185. The van der Waals surface area contributed by atoms with Crippen molar-refractivity contribution in [3.8, 4) is 0 Å². The number of hydrogen-bond donors (Lipinski definition) is 2. The van der Waals surface area contributed by atoms with E-state index in [9.17, 15) is 14.4 Å². The van der Waals surface area contributed by atoms with E-state index in [1.54, 1.807) is 7.11 Å². The van der Waals surface area contributed by atoms with Crippen molar-refractivity contribution in [1.29, 1.82) is 0 Å². The van der Waals surface area contributed by atoms with Crippen LogP contribution in [0.5, 0.6) is 0 Å². The number of imide groups is 1. The van der Waals surface area contributed by atoms with Gasteiger partial charge in [0, 0.05) is 39.6 Å². The first-order chi connectivity index (χ1) is 14.5. The summed E-state index contributed by atoms with van der Waals surface area (Å²) in [6, 6.07) is -0.352. The van der Waals surface area contributed by atoms with Gasteiger partial charge < -0.3 is 20.3 Å². The lowest BCUT2D eigenvalue weighted by molar-refractivity contribution is -0.134. The summed E-state index contributed by atoms with van der Waals surface area (Å²) in [6.07, 6.45) is 7.41. The van der Waals surface area contributed by atoms with Crippen molar-refractivity contribution < 1.29 is 19.1 Å². The van der Waals surface area contributed by atoms with Crippen LogP contribution in [0, 0.1) is 11.8 Å². The maximum absolute atomic E-state index is 13.3. The SMILES string of the molecule is CNCC(CC1CCCC(=O)C1)C(=O)N(CCOC)C(=O)NCCN1CCCCC1. The number of nitrogens with one attached hydrogen (secondary N) is 2. The van der Waals surface area contributed by atoms with Crippen LogP contribution in [0.4, 0.5) is 4.79 Å². The van der Waals surface area contributed by atoms with Gasteiger partial charge in [0.1, 0.15) is 5.78 Å². The molecule has 3 amide bonds. The van der Waals surface area contributed by atoms with Crippen molar-refractivity contribution in [2.75, 3.05) is 60.0 Å². The van der Waals surface area contributed by atoms with Crippen LogP contribution in [0.2, 0.25) is 0 Å². The molecule has 30 heavy (non-hydrogen) atoms. The second-order valence-electron chi connectivity index (χ2n) is 8.61. The highest BCUT2D eigenvalue weighted by Crippen LogP contribution is 2.28. The van der Waals surface area contributed by atoms with Gasteiger partial charge in [-0.15, -0.1) is 0 Å². The van der Waals surface area contributed by atoms with E-state index in [-0.39, 0.29) is 36.1 Å². The lowest BCUT2D eigenvalue weighted by Crippen LogP contribution is -2.50. The Balaban J connectivity index is 1.93. The second-order valence-corrected chi connectivity index (χ2v) is 8.61. The maximum Gasteiger partial charge on any atom is 0.324 e. The van der Waals surface area contributed by atoms with Crippen molar-refractivity contribution in [2.24, 2.45) is 11.8 Å². The first-order valence-electron chi connectivity index (χ1n) is 11.5. The summed E-state index contributed by atoms with van der Waals surface area (Å²) in [6.45, 7) is 4.52. The Bertz CT molecular complexity index is 551. The third-order valence-corrected chi connectivity index (χ3v) is 6.19. The van der Waals surface area contributed by atoms with Gasteiger partial charge in [-0.05, 0) is 58.2 Å². The molecule has 0 aromatic rings. The molecule has 2 N–H and O–H groups in total. The van der Waals surface area contributed by atoms with Crippen LogP contribution in [0.15, 0.2) is 0 Å². The van der Waals surface area contributed by atoms with Gasteiger partial charge >= 0.3 is 6.03 Å². The number of amides is 3. The fourth-order valence-electron chi connectivity index (χ4n) is 4.55. The largest absolute Gasteiger partial charge is 0.383 e. The molecule has 1 saturated carbocycles. The minimum Gasteiger partial charge on any atom is -0.383 e. The van der Waals surface area contributed by atoms with Crippen molar-refractivity contribution >= 4 is 17.7 Å². The van der Waals surface area contributed by atoms with Crippen LogP contribution in [-0.4, -0.2) is 87.6 Å². The molecule has 0 bridgehead atoms. The predicted octanol–water partition coefficient (Wildman–Crippen LogP) is 1.64. The summed E-state index contributed by atoms with van der Waals surface area (Å²) in [5, 5.41) is 6.01. The number of carbonyl (C=O) groups is 3. The Kier molecular flexibility index (Phi) is 11.3. The van der Waals surface area contributed by atoms with Gasteiger partial charge in [-0.2, -0.15) is 0 Å². The van der Waals surface area contributed by atoms with Crippen LogP contribution < -0.4 is 10.6 Å². The number of ether oxygens (including phenoxy) is 1. The van der Waals surface area contributed by atoms with E-state index >= 15 is 0 Å². The Morgan fingerprint density at radius 2 is 2.00 bits per heavy atom. The van der Waals surface area contributed by atoms with E-state index in [1.165, 1.54) is 24.2 Å². The Morgan fingerprint density at radius 1 is 1.23 bits per heavy atom. The molecular weight excluding hydrogens is 384 g/mol. The molecule has 0 aromatic heterocycles. The molecule has 0 radical (unpaired) electrons. The fraction of sp³-hybridized carbons (Fsp3) is 0.864. The Labute approximate surface area is 181 Å². The quantitative estimate of drug-likeness (QED) is 0.524. The predicted molar refractivity (Wildman–Crippen MR) is 116 cm³/mol. The number of urea groups is 1. The number of hydrogen-bond acceptors (Lipinski definition) is 6. The van der Waals surface area contributed by atoms with E-state index < -0.39 is 0 Å². The standard InChI is InChI=1S/C22H40N4O4/c1-23-17-19(15-18-7-6-8-20(27)16-18)21(28)26(13-14-30-2)22(29)24-9-12-25-10-4-3-5-11-25/h18-19,23H,3-17H2,1-2H3,(H,24,29). The maximum atomic E-state index is 13.3. The lowest BCUT2D eigenvalue weighted by atomic mass is 9.81. The third kappa shape index (κ3) is 8.32. The number of piperidine rings is 1. The van der Waals surface area contributed by atoms with E-state index in [0.29, 0.717) is 39.0 Å². The smallest absolute Gasteiger partial charge is 0.324 e. The molecule has 1 aliphatic heterocycles. The fourth-order valence-corrected chi connectivity index (χ4v) is 4.55. The monoisotopic (exact) mass is 424 g/mol. The average Bonchev–Trinajstić information content (AvgIpc) is 2.74. The molecular formula is C22H40N4O4. The highest BCUT2D eigenvalue weighted by molar-refractivity contribution is 5.95. The van der Waals surface area contributed by atoms with Crippen LogP contribution in [0.1, 0.15) is 51.4 Å². The number of rotatable bonds is 11. The molecule has 2 atom stereocenters. The van der Waals surface area contributed by atoms with Crippen molar-refractivity contribution in [3.05, 3.63) is 0 Å². The van der Waals surface area contributed by atoms with E-state index in [4.69, 9.17) is 4.74 Å². The van der Waals surface area contributed by atoms with Gasteiger partial charge in [0.25, 0.3) is 0 Å². The molecule has 0 spiro atoms. The zero-order chi connectivity index (χ0) is 21.8. The zero-order valence-electron chi connectivity index (χ0n) is 18.8. The van der Waals surface area contributed by atoms with Crippen LogP contribution in [0.25, 0.3) is 0 Å². The van der Waals surface area contributed by atoms with Crippen LogP contribution in [0.3, 0.4) is 0 Å². The summed E-state index contributed by atoms with van der Waals surface area (Å²) in [5.74, 6) is -0.000847. The average molecular weight is 425 g/mol. The molecule has 1 saturated heterocycles. The third-order valence-electron chi connectivity index (χ3n) is 6.19. The summed E-state index contributed by atoms with van der Waals surface area (Å²) in [5.41, 5.74) is 0. The molecule has 172 valence electrons. The molecule has 1 aliphatic carbocycles. The lowest BCUT2D eigenvalue weighted by Gasteiger charge is -2.30. The van der Waals surface area contributed by atoms with E-state index in [2.05, 4.69) is 15.5 Å². The highest BCUT2D eigenvalue weighted by Gasteiger charge is 2.31. The Hall–Kier alpha value is -1.51. The topological polar surface area (TPSA) is 91.0 Å². The van der Waals surface area contributed by atoms with Gasteiger partial charge in [0.2, 0.25) is 5.91 Å². The number of nitrogens with zero attached hydrogens (tertiary/aromatic N) is 2. The first-order valence-corrected chi connectivity index (χ1v) is 11.5. The zero-order valence-corrected chi connectivity index (χ0v) is 18.8. The summed E-state index contributed by atoms with van der Waals surface area (Å²) < 4.78 is 5.13. The molecule has 2 aliphatic rings. The number of Topliss-reactive ketones (excluding diaryl/α,β-unsaturated/α-hetero) is 1. The van der Waals surface area contributed by atoms with Crippen molar-refractivity contribution in [1.82, 2.24) is 20.4 Å². The highest BCUT2D eigenvalue weighted by atomic mass is 16.5. The number of methoxy groups -OCH3 is 1. The molecule has 2 rings (SSSR count). The van der Waals surface area contributed by atoms with Crippen molar-refractivity contribution in [2.45, 2.75) is 51.4 Å².